The summed E-state index contributed by atoms with van der Waals surface area (Å²) >= 11 is 15.7. The fraction of sp³-hybridized carbons (Fsp3) is 0.250. The Balaban J connectivity index is 1.74. The standard InChI is InChI=1S/C16H14BrCl2NO/c17-12-7-14(19)16(8-13(12)18)21-11-6-5-10-3-1-2-4-15(10)20-9-11/h1-4,7-8,11,20H,5-6,9H2. The van der Waals surface area contributed by atoms with Gasteiger partial charge in [0.05, 0.1) is 16.6 Å². The quantitative estimate of drug-likeness (QED) is 0.682. The number of anilines is 1. The highest BCUT2D eigenvalue weighted by Crippen LogP contribution is 2.35. The highest BCUT2D eigenvalue weighted by Gasteiger charge is 2.18. The lowest BCUT2D eigenvalue weighted by Gasteiger charge is -2.18. The van der Waals surface area contributed by atoms with Gasteiger partial charge in [0.1, 0.15) is 11.9 Å². The van der Waals surface area contributed by atoms with Crippen molar-refractivity contribution < 1.29 is 4.74 Å². The summed E-state index contributed by atoms with van der Waals surface area (Å²) in [7, 11) is 0. The molecule has 0 bridgehead atoms. The van der Waals surface area contributed by atoms with E-state index in [0.29, 0.717) is 15.8 Å². The third-order valence-electron chi connectivity index (χ3n) is 3.54. The molecule has 0 spiro atoms. The molecule has 1 unspecified atom stereocenters. The molecule has 2 aromatic carbocycles. The van der Waals surface area contributed by atoms with Gasteiger partial charge in [0, 0.05) is 16.2 Å². The van der Waals surface area contributed by atoms with Crippen molar-refractivity contribution in [2.24, 2.45) is 0 Å². The van der Waals surface area contributed by atoms with Crippen LogP contribution in [-0.4, -0.2) is 12.6 Å². The van der Waals surface area contributed by atoms with Gasteiger partial charge in [-0.25, -0.2) is 0 Å². The Hall–Kier alpha value is -0.900. The predicted molar refractivity (Wildman–Crippen MR) is 91.8 cm³/mol. The van der Waals surface area contributed by atoms with E-state index < -0.39 is 0 Å². The van der Waals surface area contributed by atoms with Gasteiger partial charge < -0.3 is 10.1 Å². The Morgan fingerprint density at radius 3 is 2.81 bits per heavy atom. The Bertz CT molecular complexity index is 636. The lowest BCUT2D eigenvalue weighted by Crippen LogP contribution is -2.25. The number of nitrogens with one attached hydrogen (secondary N) is 1. The minimum atomic E-state index is 0.0622. The molecule has 1 atom stereocenters. The first-order valence-electron chi connectivity index (χ1n) is 6.76. The topological polar surface area (TPSA) is 21.3 Å². The first-order valence-corrected chi connectivity index (χ1v) is 8.31. The van der Waals surface area contributed by atoms with Gasteiger partial charge >= 0.3 is 0 Å². The van der Waals surface area contributed by atoms with Gasteiger partial charge in [0.2, 0.25) is 0 Å². The average Bonchev–Trinajstić information content (AvgIpc) is 2.68. The van der Waals surface area contributed by atoms with E-state index in [1.54, 1.807) is 12.1 Å². The normalized spacial score (nSPS) is 17.6. The van der Waals surface area contributed by atoms with Gasteiger partial charge in [-0.2, -0.15) is 0 Å². The third-order valence-corrected chi connectivity index (χ3v) is 5.03. The number of halogens is 3. The van der Waals surface area contributed by atoms with Gasteiger partial charge in [-0.1, -0.05) is 41.4 Å². The number of ether oxygens (including phenoxy) is 1. The summed E-state index contributed by atoms with van der Waals surface area (Å²) in [5.74, 6) is 0.627. The minimum Gasteiger partial charge on any atom is -0.487 e. The summed E-state index contributed by atoms with van der Waals surface area (Å²) < 4.78 is 6.80. The van der Waals surface area contributed by atoms with Crippen LogP contribution in [0.1, 0.15) is 12.0 Å². The molecule has 110 valence electrons. The van der Waals surface area contributed by atoms with Crippen LogP contribution in [0.25, 0.3) is 0 Å². The fourth-order valence-corrected chi connectivity index (χ4v) is 3.26. The van der Waals surface area contributed by atoms with Crippen molar-refractivity contribution in [3.8, 4) is 5.75 Å². The van der Waals surface area contributed by atoms with Crippen LogP contribution in [0.3, 0.4) is 0 Å². The molecule has 5 heteroatoms. The molecule has 0 fully saturated rings. The number of rotatable bonds is 2. The highest BCUT2D eigenvalue weighted by molar-refractivity contribution is 9.10. The van der Waals surface area contributed by atoms with Crippen LogP contribution in [-0.2, 0) is 6.42 Å². The van der Waals surface area contributed by atoms with Gasteiger partial charge in [-0.3, -0.25) is 0 Å². The Morgan fingerprint density at radius 1 is 1.14 bits per heavy atom. The van der Waals surface area contributed by atoms with Crippen LogP contribution in [0.4, 0.5) is 5.69 Å². The molecule has 1 aliphatic heterocycles. The Kier molecular flexibility index (Phi) is 4.63. The summed E-state index contributed by atoms with van der Waals surface area (Å²) in [5.41, 5.74) is 2.51. The number of hydrogen-bond donors (Lipinski definition) is 1. The first kappa shape index (κ1) is 15.0. The molecule has 0 radical (unpaired) electrons. The van der Waals surface area contributed by atoms with E-state index >= 15 is 0 Å². The summed E-state index contributed by atoms with van der Waals surface area (Å²) in [6.45, 7) is 0.751. The smallest absolute Gasteiger partial charge is 0.139 e. The molecule has 0 aromatic heterocycles. The number of hydrogen-bond acceptors (Lipinski definition) is 2. The zero-order valence-electron chi connectivity index (χ0n) is 11.2. The Morgan fingerprint density at radius 2 is 1.95 bits per heavy atom. The van der Waals surface area contributed by atoms with Gasteiger partial charge in [-0.05, 0) is 46.5 Å². The highest BCUT2D eigenvalue weighted by atomic mass is 79.9. The van der Waals surface area contributed by atoms with Crippen LogP contribution >= 0.6 is 39.1 Å². The summed E-state index contributed by atoms with van der Waals surface area (Å²) in [4.78, 5) is 0. The lowest BCUT2D eigenvalue weighted by molar-refractivity contribution is 0.206. The maximum atomic E-state index is 6.22. The predicted octanol–water partition coefficient (Wildman–Crippen LogP) is 5.56. The van der Waals surface area contributed by atoms with Gasteiger partial charge in [0.15, 0.2) is 0 Å². The second kappa shape index (κ2) is 6.47. The zero-order chi connectivity index (χ0) is 14.8. The monoisotopic (exact) mass is 385 g/mol. The van der Waals surface area contributed by atoms with Crippen LogP contribution in [0.5, 0.6) is 5.75 Å². The van der Waals surface area contributed by atoms with Crippen molar-refractivity contribution in [2.45, 2.75) is 18.9 Å². The number of aryl methyl sites for hydroxylation is 1. The van der Waals surface area contributed by atoms with E-state index in [4.69, 9.17) is 27.9 Å². The molecule has 21 heavy (non-hydrogen) atoms. The van der Waals surface area contributed by atoms with Gasteiger partial charge in [-0.15, -0.1) is 0 Å². The van der Waals surface area contributed by atoms with Crippen LogP contribution in [0, 0.1) is 0 Å². The van der Waals surface area contributed by atoms with Crippen molar-refractivity contribution >= 4 is 44.8 Å². The van der Waals surface area contributed by atoms with E-state index in [2.05, 4.69) is 39.4 Å². The van der Waals surface area contributed by atoms with Crippen LogP contribution < -0.4 is 10.1 Å². The van der Waals surface area contributed by atoms with Crippen LogP contribution in [0.15, 0.2) is 40.9 Å². The molecular weight excluding hydrogens is 373 g/mol. The molecule has 2 aromatic rings. The molecule has 0 aliphatic carbocycles. The third kappa shape index (κ3) is 3.47. The van der Waals surface area contributed by atoms with Crippen molar-refractivity contribution in [1.29, 1.82) is 0 Å². The average molecular weight is 387 g/mol. The molecule has 0 saturated heterocycles. The van der Waals surface area contributed by atoms with E-state index in [1.165, 1.54) is 11.3 Å². The van der Waals surface area contributed by atoms with E-state index in [9.17, 15) is 0 Å². The molecule has 1 aliphatic rings. The number of fused-ring (bicyclic) bond motifs is 1. The largest absolute Gasteiger partial charge is 0.487 e. The molecule has 2 nitrogen and oxygen atoms in total. The summed E-state index contributed by atoms with van der Waals surface area (Å²) in [6.07, 6.45) is 1.98. The second-order valence-corrected chi connectivity index (χ2v) is 6.68. The van der Waals surface area contributed by atoms with E-state index in [-0.39, 0.29) is 6.10 Å². The lowest BCUT2D eigenvalue weighted by atomic mass is 10.1. The number of para-hydroxylation sites is 1. The fourth-order valence-electron chi connectivity index (χ4n) is 2.43. The van der Waals surface area contributed by atoms with Crippen molar-refractivity contribution in [3.63, 3.8) is 0 Å². The summed E-state index contributed by atoms with van der Waals surface area (Å²) in [5, 5.41) is 4.59. The summed E-state index contributed by atoms with van der Waals surface area (Å²) in [6, 6.07) is 11.9. The van der Waals surface area contributed by atoms with Gasteiger partial charge in [0.25, 0.3) is 0 Å². The van der Waals surface area contributed by atoms with Crippen molar-refractivity contribution in [3.05, 3.63) is 56.5 Å². The molecular formula is C16H14BrCl2NO. The van der Waals surface area contributed by atoms with Crippen LogP contribution in [0.2, 0.25) is 10.0 Å². The van der Waals surface area contributed by atoms with E-state index in [1.807, 2.05) is 6.07 Å². The maximum absolute atomic E-state index is 6.22. The zero-order valence-corrected chi connectivity index (χ0v) is 14.3. The maximum Gasteiger partial charge on any atom is 0.139 e. The molecule has 0 amide bonds. The van der Waals surface area contributed by atoms with E-state index in [0.717, 1.165) is 23.9 Å². The molecule has 1 heterocycles. The van der Waals surface area contributed by atoms with Crippen molar-refractivity contribution in [1.82, 2.24) is 0 Å². The molecule has 0 saturated carbocycles. The number of benzene rings is 2. The second-order valence-electron chi connectivity index (χ2n) is 5.01. The molecule has 3 rings (SSSR count). The minimum absolute atomic E-state index is 0.0622. The molecule has 1 N–H and O–H groups in total. The van der Waals surface area contributed by atoms with Crippen molar-refractivity contribution in [2.75, 3.05) is 11.9 Å². The first-order chi connectivity index (χ1) is 10.1. The SMILES string of the molecule is Clc1cc(OC2CCc3ccccc3NC2)c(Cl)cc1Br. The Labute approximate surface area is 142 Å².